The summed E-state index contributed by atoms with van der Waals surface area (Å²) in [6.45, 7) is 2.65. The van der Waals surface area contributed by atoms with Gasteiger partial charge in [-0.15, -0.1) is 0 Å². The number of carbonyl (C=O) groups excluding carboxylic acids is 1. The lowest BCUT2D eigenvalue weighted by atomic mass is 10.1. The van der Waals surface area contributed by atoms with Gasteiger partial charge in [0.25, 0.3) is 5.91 Å². The Kier molecular flexibility index (Phi) is 4.01. The zero-order chi connectivity index (χ0) is 10.5. The molecule has 2 aliphatic rings. The van der Waals surface area contributed by atoms with Gasteiger partial charge in [0.15, 0.2) is 0 Å². The van der Waals surface area contributed by atoms with Crippen molar-refractivity contribution < 1.29 is 9.53 Å². The molecule has 86 valence electrons. The number of amides is 1. The van der Waals surface area contributed by atoms with Gasteiger partial charge in [-0.3, -0.25) is 4.79 Å². The van der Waals surface area contributed by atoms with Gasteiger partial charge in [-0.1, -0.05) is 19.3 Å². The van der Waals surface area contributed by atoms with Gasteiger partial charge >= 0.3 is 0 Å². The molecule has 2 heterocycles. The van der Waals surface area contributed by atoms with Crippen LogP contribution in [0.5, 0.6) is 0 Å². The molecule has 2 aliphatic heterocycles. The first-order chi connectivity index (χ1) is 7.38. The standard InChI is InChI=1S/C12H21NO2/c14-12(11-7-6-10-15-11)13-8-4-2-1-3-5-9-13/h11H,1-10H2/t11-/m1/s1. The van der Waals surface area contributed by atoms with Gasteiger partial charge in [0.2, 0.25) is 0 Å². The zero-order valence-electron chi connectivity index (χ0n) is 9.41. The van der Waals surface area contributed by atoms with Crippen LogP contribution in [0, 0.1) is 0 Å². The van der Waals surface area contributed by atoms with Crippen molar-refractivity contribution >= 4 is 5.91 Å². The first-order valence-electron chi connectivity index (χ1n) is 6.28. The molecule has 0 radical (unpaired) electrons. The molecule has 0 N–H and O–H groups in total. The van der Waals surface area contributed by atoms with E-state index in [0.717, 1.165) is 32.5 Å². The number of rotatable bonds is 1. The molecule has 0 unspecified atom stereocenters. The molecule has 0 aromatic rings. The van der Waals surface area contributed by atoms with Gasteiger partial charge in [-0.25, -0.2) is 0 Å². The summed E-state index contributed by atoms with van der Waals surface area (Å²) in [5.41, 5.74) is 0. The van der Waals surface area contributed by atoms with Gasteiger partial charge in [0.1, 0.15) is 6.10 Å². The molecule has 2 fully saturated rings. The Balaban J connectivity index is 1.85. The average molecular weight is 211 g/mol. The Morgan fingerprint density at radius 2 is 1.67 bits per heavy atom. The lowest BCUT2D eigenvalue weighted by Crippen LogP contribution is -2.40. The maximum Gasteiger partial charge on any atom is 0.251 e. The summed E-state index contributed by atoms with van der Waals surface area (Å²) in [6.07, 6.45) is 8.06. The minimum Gasteiger partial charge on any atom is -0.368 e. The molecule has 0 aromatic carbocycles. The van der Waals surface area contributed by atoms with Crippen LogP contribution in [0.4, 0.5) is 0 Å². The summed E-state index contributed by atoms with van der Waals surface area (Å²) < 4.78 is 5.45. The number of hydrogen-bond donors (Lipinski definition) is 0. The van der Waals surface area contributed by atoms with Crippen LogP contribution in [0.2, 0.25) is 0 Å². The van der Waals surface area contributed by atoms with Crippen molar-refractivity contribution in [3.05, 3.63) is 0 Å². The smallest absolute Gasteiger partial charge is 0.251 e. The summed E-state index contributed by atoms with van der Waals surface area (Å²) in [7, 11) is 0. The summed E-state index contributed by atoms with van der Waals surface area (Å²) in [5.74, 6) is 0.245. The molecule has 0 spiro atoms. The van der Waals surface area contributed by atoms with E-state index in [1.165, 1.54) is 32.1 Å². The quantitative estimate of drug-likeness (QED) is 0.663. The third kappa shape index (κ3) is 2.94. The van der Waals surface area contributed by atoms with Crippen LogP contribution >= 0.6 is 0 Å². The highest BCUT2D eigenvalue weighted by Gasteiger charge is 2.27. The van der Waals surface area contributed by atoms with Crippen molar-refractivity contribution in [3.63, 3.8) is 0 Å². The van der Waals surface area contributed by atoms with Crippen molar-refractivity contribution in [2.24, 2.45) is 0 Å². The molecule has 1 atom stereocenters. The van der Waals surface area contributed by atoms with Crippen LogP contribution in [0.1, 0.15) is 44.9 Å². The second-order valence-corrected chi connectivity index (χ2v) is 4.59. The monoisotopic (exact) mass is 211 g/mol. The van der Waals surface area contributed by atoms with Crippen LogP contribution in [-0.2, 0) is 9.53 Å². The summed E-state index contributed by atoms with van der Waals surface area (Å²) in [5, 5.41) is 0. The molecule has 2 rings (SSSR count). The number of carbonyl (C=O) groups is 1. The molecule has 3 heteroatoms. The second-order valence-electron chi connectivity index (χ2n) is 4.59. The molecular formula is C12H21NO2. The third-order valence-electron chi connectivity index (χ3n) is 3.37. The molecule has 0 saturated carbocycles. The highest BCUT2D eigenvalue weighted by Crippen LogP contribution is 2.17. The van der Waals surface area contributed by atoms with Gasteiger partial charge in [-0.2, -0.15) is 0 Å². The van der Waals surface area contributed by atoms with E-state index in [2.05, 4.69) is 0 Å². The van der Waals surface area contributed by atoms with Crippen LogP contribution in [-0.4, -0.2) is 36.6 Å². The summed E-state index contributed by atoms with van der Waals surface area (Å²) in [6, 6.07) is 0. The number of nitrogens with zero attached hydrogens (tertiary/aromatic N) is 1. The molecular weight excluding hydrogens is 190 g/mol. The third-order valence-corrected chi connectivity index (χ3v) is 3.37. The first kappa shape index (κ1) is 10.9. The molecule has 3 nitrogen and oxygen atoms in total. The predicted molar refractivity (Wildman–Crippen MR) is 58.6 cm³/mol. The molecule has 0 bridgehead atoms. The Labute approximate surface area is 91.8 Å². The van der Waals surface area contributed by atoms with E-state index in [1.54, 1.807) is 0 Å². The average Bonchev–Trinajstić information content (AvgIpc) is 2.68. The lowest BCUT2D eigenvalue weighted by molar-refractivity contribution is -0.141. The topological polar surface area (TPSA) is 29.5 Å². The molecule has 1 amide bonds. The van der Waals surface area contributed by atoms with Gasteiger partial charge < -0.3 is 9.64 Å². The van der Waals surface area contributed by atoms with Crippen molar-refractivity contribution in [1.82, 2.24) is 4.90 Å². The van der Waals surface area contributed by atoms with E-state index < -0.39 is 0 Å². The van der Waals surface area contributed by atoms with Crippen molar-refractivity contribution in [2.45, 2.75) is 51.0 Å². The Morgan fingerprint density at radius 1 is 1.00 bits per heavy atom. The van der Waals surface area contributed by atoms with Crippen LogP contribution < -0.4 is 0 Å². The molecule has 15 heavy (non-hydrogen) atoms. The van der Waals surface area contributed by atoms with E-state index >= 15 is 0 Å². The lowest BCUT2D eigenvalue weighted by Gasteiger charge is -2.26. The van der Waals surface area contributed by atoms with Crippen molar-refractivity contribution in [2.75, 3.05) is 19.7 Å². The Morgan fingerprint density at radius 3 is 2.27 bits per heavy atom. The van der Waals surface area contributed by atoms with Gasteiger partial charge in [-0.05, 0) is 25.7 Å². The fourth-order valence-electron chi connectivity index (χ4n) is 2.44. The SMILES string of the molecule is O=C([C@H]1CCCO1)N1CCCCCCC1. The minimum atomic E-state index is -0.121. The molecule has 0 aliphatic carbocycles. The van der Waals surface area contributed by atoms with E-state index in [1.807, 2.05) is 4.90 Å². The summed E-state index contributed by atoms with van der Waals surface area (Å²) in [4.78, 5) is 14.1. The van der Waals surface area contributed by atoms with E-state index in [0.29, 0.717) is 0 Å². The highest BCUT2D eigenvalue weighted by atomic mass is 16.5. The maximum atomic E-state index is 12.1. The largest absolute Gasteiger partial charge is 0.368 e. The normalized spacial score (nSPS) is 28.5. The number of ether oxygens (including phenoxy) is 1. The molecule has 0 aromatic heterocycles. The van der Waals surface area contributed by atoms with Gasteiger partial charge in [0, 0.05) is 19.7 Å². The number of likely N-dealkylation sites (tertiary alicyclic amines) is 1. The minimum absolute atomic E-state index is 0.121. The van der Waals surface area contributed by atoms with Crippen molar-refractivity contribution in [3.8, 4) is 0 Å². The van der Waals surface area contributed by atoms with Gasteiger partial charge in [0.05, 0.1) is 0 Å². The Bertz CT molecular complexity index is 204. The van der Waals surface area contributed by atoms with Crippen LogP contribution in [0.25, 0.3) is 0 Å². The van der Waals surface area contributed by atoms with E-state index in [9.17, 15) is 4.79 Å². The molecule has 2 saturated heterocycles. The zero-order valence-corrected chi connectivity index (χ0v) is 9.41. The van der Waals surface area contributed by atoms with Crippen LogP contribution in [0.3, 0.4) is 0 Å². The van der Waals surface area contributed by atoms with Crippen molar-refractivity contribution in [1.29, 1.82) is 0 Å². The fourth-order valence-corrected chi connectivity index (χ4v) is 2.44. The highest BCUT2D eigenvalue weighted by molar-refractivity contribution is 5.81. The Hall–Kier alpha value is -0.570. The van der Waals surface area contributed by atoms with E-state index in [4.69, 9.17) is 4.74 Å². The van der Waals surface area contributed by atoms with Crippen LogP contribution in [0.15, 0.2) is 0 Å². The maximum absolute atomic E-state index is 12.1. The first-order valence-corrected chi connectivity index (χ1v) is 6.28. The second kappa shape index (κ2) is 5.50. The predicted octanol–water partition coefficient (Wildman–Crippen LogP) is 1.96. The van der Waals surface area contributed by atoms with E-state index in [-0.39, 0.29) is 12.0 Å². The fraction of sp³-hybridized carbons (Fsp3) is 0.917. The summed E-state index contributed by atoms with van der Waals surface area (Å²) >= 11 is 0. The number of hydrogen-bond acceptors (Lipinski definition) is 2.